The van der Waals surface area contributed by atoms with Gasteiger partial charge in [-0.25, -0.2) is 4.79 Å². The molecule has 0 heterocycles. The Morgan fingerprint density at radius 3 is 2.75 bits per heavy atom. The molecule has 0 aliphatic carbocycles. The third-order valence-corrected chi connectivity index (χ3v) is 3.47. The summed E-state index contributed by atoms with van der Waals surface area (Å²) < 4.78 is 10.9. The maximum Gasteiger partial charge on any atom is 0.340 e. The van der Waals surface area contributed by atoms with E-state index in [4.69, 9.17) is 14.6 Å². The van der Waals surface area contributed by atoms with Crippen LogP contribution in [0.1, 0.15) is 22.8 Å². The van der Waals surface area contributed by atoms with Gasteiger partial charge < -0.3 is 19.9 Å². The summed E-state index contributed by atoms with van der Waals surface area (Å²) in [5.41, 5.74) is 2.29. The number of carbonyl (C=O) groups excluding carboxylic acids is 1. The highest BCUT2D eigenvalue weighted by Gasteiger charge is 2.12. The number of benzene rings is 2. The maximum absolute atomic E-state index is 12.2. The lowest BCUT2D eigenvalue weighted by Gasteiger charge is -2.11. The molecule has 2 rings (SSSR count). The molecule has 0 bridgehead atoms. The van der Waals surface area contributed by atoms with Gasteiger partial charge in [-0.1, -0.05) is 31.2 Å². The number of hydrogen-bond donors (Lipinski definition) is 2. The van der Waals surface area contributed by atoms with Gasteiger partial charge in [-0.3, -0.25) is 0 Å². The number of ether oxygens (including phenoxy) is 2. The Morgan fingerprint density at radius 1 is 1.12 bits per heavy atom. The van der Waals surface area contributed by atoms with Gasteiger partial charge in [0.05, 0.1) is 12.2 Å². The van der Waals surface area contributed by atoms with E-state index in [-0.39, 0.29) is 13.2 Å². The third kappa shape index (κ3) is 5.28. The first-order valence-corrected chi connectivity index (χ1v) is 8.07. The number of aliphatic hydroxyl groups is 1. The fourth-order valence-corrected chi connectivity index (χ4v) is 2.23. The average molecular weight is 329 g/mol. The largest absolute Gasteiger partial charge is 0.490 e. The van der Waals surface area contributed by atoms with Crippen molar-refractivity contribution in [1.29, 1.82) is 0 Å². The number of hydrogen-bond acceptors (Lipinski definition) is 5. The molecule has 0 spiro atoms. The molecule has 0 fully saturated rings. The smallest absolute Gasteiger partial charge is 0.340 e. The summed E-state index contributed by atoms with van der Waals surface area (Å²) in [7, 11) is 0. The summed E-state index contributed by atoms with van der Waals surface area (Å²) in [5, 5.41) is 11.9. The number of nitrogens with one attached hydrogen (secondary N) is 1. The van der Waals surface area contributed by atoms with Crippen LogP contribution < -0.4 is 10.1 Å². The summed E-state index contributed by atoms with van der Waals surface area (Å²) in [4.78, 5) is 12.2. The van der Waals surface area contributed by atoms with Crippen LogP contribution in [0.15, 0.2) is 48.5 Å². The highest BCUT2D eigenvalue weighted by Crippen LogP contribution is 2.16. The number of carbonyl (C=O) groups is 1. The minimum atomic E-state index is -0.415. The first-order valence-electron chi connectivity index (χ1n) is 8.07. The molecule has 0 unspecified atom stereocenters. The van der Waals surface area contributed by atoms with Crippen molar-refractivity contribution < 1.29 is 19.4 Å². The van der Waals surface area contributed by atoms with E-state index in [1.165, 1.54) is 5.56 Å². The molecule has 0 aliphatic rings. The van der Waals surface area contributed by atoms with Gasteiger partial charge in [-0.2, -0.15) is 0 Å². The highest BCUT2D eigenvalue weighted by molar-refractivity contribution is 5.95. The predicted octanol–water partition coefficient (Wildman–Crippen LogP) is 2.89. The van der Waals surface area contributed by atoms with E-state index in [0.29, 0.717) is 24.4 Å². The number of esters is 1. The first-order chi connectivity index (χ1) is 11.7. The van der Waals surface area contributed by atoms with Crippen molar-refractivity contribution in [3.63, 3.8) is 0 Å². The monoisotopic (exact) mass is 329 g/mol. The summed E-state index contributed by atoms with van der Waals surface area (Å²) >= 11 is 0. The fraction of sp³-hybridized carbons (Fsp3) is 0.316. The maximum atomic E-state index is 12.2. The van der Waals surface area contributed by atoms with Crippen LogP contribution in [-0.4, -0.2) is 37.4 Å². The Morgan fingerprint density at radius 2 is 1.96 bits per heavy atom. The second kappa shape index (κ2) is 9.57. The van der Waals surface area contributed by atoms with E-state index in [0.717, 1.165) is 12.2 Å². The van der Waals surface area contributed by atoms with Gasteiger partial charge >= 0.3 is 5.97 Å². The van der Waals surface area contributed by atoms with Crippen molar-refractivity contribution in [3.8, 4) is 5.75 Å². The van der Waals surface area contributed by atoms with Crippen LogP contribution in [0.5, 0.6) is 5.75 Å². The number of para-hydroxylation sites is 1. The Bertz CT molecular complexity index is 657. The van der Waals surface area contributed by atoms with E-state index in [1.807, 2.05) is 30.3 Å². The Labute approximate surface area is 142 Å². The van der Waals surface area contributed by atoms with Gasteiger partial charge in [0, 0.05) is 12.2 Å². The number of rotatable bonds is 9. The SMILES string of the molecule is CCc1cccc(OCCOC(=O)c2ccccc2NCCO)c1. The quantitative estimate of drug-likeness (QED) is 0.547. The zero-order chi connectivity index (χ0) is 17.2. The van der Waals surface area contributed by atoms with Crippen LogP contribution in [0.3, 0.4) is 0 Å². The van der Waals surface area contributed by atoms with Crippen molar-refractivity contribution in [2.24, 2.45) is 0 Å². The van der Waals surface area contributed by atoms with Gasteiger partial charge in [0.2, 0.25) is 0 Å². The molecule has 2 aromatic rings. The zero-order valence-electron chi connectivity index (χ0n) is 13.8. The first kappa shape index (κ1) is 17.8. The third-order valence-electron chi connectivity index (χ3n) is 3.47. The molecular weight excluding hydrogens is 306 g/mol. The van der Waals surface area contributed by atoms with Crippen molar-refractivity contribution in [2.75, 3.05) is 31.7 Å². The van der Waals surface area contributed by atoms with E-state index < -0.39 is 5.97 Å². The van der Waals surface area contributed by atoms with Gasteiger partial charge in [0.1, 0.15) is 19.0 Å². The Kier molecular flexibility index (Phi) is 7.11. The minimum Gasteiger partial charge on any atom is -0.490 e. The Hall–Kier alpha value is -2.53. The average Bonchev–Trinajstić information content (AvgIpc) is 2.63. The molecule has 0 saturated heterocycles. The standard InChI is InChI=1S/C19H23NO4/c1-2-15-6-5-7-16(14-15)23-12-13-24-19(22)17-8-3-4-9-18(17)20-10-11-21/h3-9,14,20-21H,2,10-13H2,1H3. The van der Waals surface area contributed by atoms with Gasteiger partial charge in [0.25, 0.3) is 0 Å². The van der Waals surface area contributed by atoms with Gasteiger partial charge in [-0.05, 0) is 36.2 Å². The van der Waals surface area contributed by atoms with Crippen LogP contribution in [0, 0.1) is 0 Å². The van der Waals surface area contributed by atoms with Gasteiger partial charge in [0.15, 0.2) is 0 Å². The molecule has 0 amide bonds. The van der Waals surface area contributed by atoms with Crippen LogP contribution in [0.2, 0.25) is 0 Å². The van der Waals surface area contributed by atoms with Crippen LogP contribution in [-0.2, 0) is 11.2 Å². The fourth-order valence-electron chi connectivity index (χ4n) is 2.23. The van der Waals surface area contributed by atoms with E-state index in [9.17, 15) is 4.79 Å². The second-order valence-corrected chi connectivity index (χ2v) is 5.18. The van der Waals surface area contributed by atoms with Crippen molar-refractivity contribution in [1.82, 2.24) is 0 Å². The minimum absolute atomic E-state index is 0.00591. The van der Waals surface area contributed by atoms with Crippen LogP contribution >= 0.6 is 0 Å². The zero-order valence-corrected chi connectivity index (χ0v) is 13.8. The van der Waals surface area contributed by atoms with Crippen molar-refractivity contribution in [2.45, 2.75) is 13.3 Å². The molecule has 2 aromatic carbocycles. The van der Waals surface area contributed by atoms with E-state index in [2.05, 4.69) is 12.2 Å². The molecule has 24 heavy (non-hydrogen) atoms. The van der Waals surface area contributed by atoms with E-state index >= 15 is 0 Å². The molecule has 5 heteroatoms. The number of aryl methyl sites for hydroxylation is 1. The number of anilines is 1. The van der Waals surface area contributed by atoms with E-state index in [1.54, 1.807) is 18.2 Å². The van der Waals surface area contributed by atoms with Crippen molar-refractivity contribution >= 4 is 11.7 Å². The molecule has 5 nitrogen and oxygen atoms in total. The molecule has 0 aromatic heterocycles. The second-order valence-electron chi connectivity index (χ2n) is 5.18. The normalized spacial score (nSPS) is 10.2. The topological polar surface area (TPSA) is 67.8 Å². The van der Waals surface area contributed by atoms with Crippen LogP contribution in [0.4, 0.5) is 5.69 Å². The van der Waals surface area contributed by atoms with Crippen molar-refractivity contribution in [3.05, 3.63) is 59.7 Å². The number of aliphatic hydroxyl groups excluding tert-OH is 1. The molecule has 0 atom stereocenters. The lowest BCUT2D eigenvalue weighted by Crippen LogP contribution is -2.15. The lowest BCUT2D eigenvalue weighted by molar-refractivity contribution is 0.0451. The summed E-state index contributed by atoms with van der Waals surface area (Å²) in [5.74, 6) is 0.359. The van der Waals surface area contributed by atoms with Gasteiger partial charge in [-0.15, -0.1) is 0 Å². The predicted molar refractivity (Wildman–Crippen MR) is 93.6 cm³/mol. The lowest BCUT2D eigenvalue weighted by atomic mass is 10.2. The summed E-state index contributed by atoms with van der Waals surface area (Å²) in [6.07, 6.45) is 0.948. The van der Waals surface area contributed by atoms with Crippen LogP contribution in [0.25, 0.3) is 0 Å². The molecular formula is C19H23NO4. The highest BCUT2D eigenvalue weighted by atomic mass is 16.6. The Balaban J connectivity index is 1.83. The molecule has 0 radical (unpaired) electrons. The molecule has 128 valence electrons. The summed E-state index contributed by atoms with van der Waals surface area (Å²) in [6.45, 7) is 2.92. The summed E-state index contributed by atoms with van der Waals surface area (Å²) in [6, 6.07) is 14.9. The molecule has 0 saturated carbocycles. The molecule has 2 N–H and O–H groups in total. The molecule has 0 aliphatic heterocycles.